The van der Waals surface area contributed by atoms with Crippen molar-refractivity contribution in [3.8, 4) is 0 Å². The Bertz CT molecular complexity index is 404. The summed E-state index contributed by atoms with van der Waals surface area (Å²) >= 11 is 5.77. The minimum atomic E-state index is -1.06. The molecule has 0 aliphatic rings. The van der Waals surface area contributed by atoms with Crippen LogP contribution in [0.15, 0.2) is 34.3 Å². The Morgan fingerprint density at radius 2 is 2.33 bits per heavy atom. The summed E-state index contributed by atoms with van der Waals surface area (Å²) in [5.41, 5.74) is 8.05. The summed E-state index contributed by atoms with van der Waals surface area (Å²) in [6.07, 6.45) is 0.614. The smallest absolute Gasteiger partial charge is 0.0530 e. The molecule has 0 spiro atoms. The molecule has 4 nitrogen and oxygen atoms in total. The monoisotopic (exact) mass is 243 g/mol. The van der Waals surface area contributed by atoms with Gasteiger partial charge in [-0.2, -0.15) is 0 Å². The number of rotatable bonds is 5. The van der Waals surface area contributed by atoms with E-state index >= 15 is 0 Å². The molecule has 15 heavy (non-hydrogen) atoms. The van der Waals surface area contributed by atoms with Gasteiger partial charge < -0.3 is 0 Å². The molecule has 0 bridgehead atoms. The van der Waals surface area contributed by atoms with E-state index < -0.39 is 10.8 Å². The van der Waals surface area contributed by atoms with E-state index in [2.05, 4.69) is 10.0 Å². The standard InChI is InChI=1S/C9H10ClN3OS/c10-8-3-1-4-9(7-8)15(14)6-2-5-12-13-11/h1,3-4,7H,2,5-6H2. The predicted molar refractivity (Wildman–Crippen MR) is 61.4 cm³/mol. The van der Waals surface area contributed by atoms with Crippen LogP contribution in [-0.2, 0) is 10.8 Å². The maximum Gasteiger partial charge on any atom is 0.0530 e. The fourth-order valence-electron chi connectivity index (χ4n) is 1.04. The van der Waals surface area contributed by atoms with Gasteiger partial charge in [-0.3, -0.25) is 4.21 Å². The molecule has 0 amide bonds. The molecule has 6 heteroatoms. The normalized spacial score (nSPS) is 11.8. The largest absolute Gasteiger partial charge is 0.254 e. The lowest BCUT2D eigenvalue weighted by molar-refractivity contribution is 0.680. The van der Waals surface area contributed by atoms with Gasteiger partial charge in [-0.15, -0.1) is 0 Å². The number of hydrogen-bond acceptors (Lipinski definition) is 2. The molecule has 0 heterocycles. The highest BCUT2D eigenvalue weighted by Gasteiger charge is 2.03. The lowest BCUT2D eigenvalue weighted by Crippen LogP contribution is -1.99. The third-order valence-electron chi connectivity index (χ3n) is 1.71. The second kappa shape index (κ2) is 6.45. The van der Waals surface area contributed by atoms with Gasteiger partial charge in [0.05, 0.1) is 10.8 Å². The topological polar surface area (TPSA) is 65.8 Å². The molecular weight excluding hydrogens is 234 g/mol. The summed E-state index contributed by atoms with van der Waals surface area (Å²) in [5, 5.41) is 3.95. The van der Waals surface area contributed by atoms with Gasteiger partial charge in [-0.05, 0) is 30.2 Å². The van der Waals surface area contributed by atoms with Crippen molar-refractivity contribution >= 4 is 22.4 Å². The van der Waals surface area contributed by atoms with Gasteiger partial charge in [-0.1, -0.05) is 22.8 Å². The number of nitrogens with zero attached hydrogens (tertiary/aromatic N) is 3. The van der Waals surface area contributed by atoms with Crippen molar-refractivity contribution in [2.24, 2.45) is 5.11 Å². The first kappa shape index (κ1) is 12.0. The number of benzene rings is 1. The van der Waals surface area contributed by atoms with Crippen LogP contribution in [0.2, 0.25) is 5.02 Å². The summed E-state index contributed by atoms with van der Waals surface area (Å²) in [6.45, 7) is 0.378. The van der Waals surface area contributed by atoms with Crippen molar-refractivity contribution in [3.05, 3.63) is 39.7 Å². The molecule has 0 aliphatic carbocycles. The Labute approximate surface area is 95.3 Å². The average molecular weight is 244 g/mol. The van der Waals surface area contributed by atoms with Crippen molar-refractivity contribution in [2.45, 2.75) is 11.3 Å². The van der Waals surface area contributed by atoms with E-state index in [9.17, 15) is 4.21 Å². The molecule has 1 atom stereocenters. The summed E-state index contributed by atoms with van der Waals surface area (Å²) in [5.74, 6) is 0.485. The average Bonchev–Trinajstić information content (AvgIpc) is 2.24. The van der Waals surface area contributed by atoms with Crippen LogP contribution in [0.25, 0.3) is 10.4 Å². The van der Waals surface area contributed by atoms with Gasteiger partial charge >= 0.3 is 0 Å². The maximum atomic E-state index is 11.7. The molecule has 1 unspecified atom stereocenters. The lowest BCUT2D eigenvalue weighted by atomic mass is 10.4. The molecular formula is C9H10ClN3OS. The van der Waals surface area contributed by atoms with Gasteiger partial charge in [0.1, 0.15) is 0 Å². The first-order valence-electron chi connectivity index (χ1n) is 4.39. The zero-order valence-corrected chi connectivity index (χ0v) is 9.54. The summed E-state index contributed by atoms with van der Waals surface area (Å²) in [7, 11) is -1.06. The van der Waals surface area contributed by atoms with Crippen LogP contribution in [0.1, 0.15) is 6.42 Å². The maximum absolute atomic E-state index is 11.7. The first-order chi connectivity index (χ1) is 7.24. The van der Waals surface area contributed by atoms with Crippen LogP contribution in [0.5, 0.6) is 0 Å². The molecule has 80 valence electrons. The Hall–Kier alpha value is -1.03. The zero-order valence-electron chi connectivity index (χ0n) is 7.97. The summed E-state index contributed by atoms with van der Waals surface area (Å²) < 4.78 is 11.7. The molecule has 1 aromatic carbocycles. The quantitative estimate of drug-likeness (QED) is 0.339. The van der Waals surface area contributed by atoms with E-state index in [1.54, 1.807) is 24.3 Å². The third-order valence-corrected chi connectivity index (χ3v) is 3.38. The second-order valence-corrected chi connectivity index (χ2v) is 4.82. The highest BCUT2D eigenvalue weighted by Crippen LogP contribution is 2.14. The van der Waals surface area contributed by atoms with E-state index in [0.29, 0.717) is 28.6 Å². The van der Waals surface area contributed by atoms with Crippen LogP contribution in [-0.4, -0.2) is 16.5 Å². The summed E-state index contributed by atoms with van der Waals surface area (Å²) in [6, 6.07) is 6.96. The highest BCUT2D eigenvalue weighted by molar-refractivity contribution is 7.85. The van der Waals surface area contributed by atoms with E-state index in [1.165, 1.54) is 0 Å². The Balaban J connectivity index is 2.50. The zero-order chi connectivity index (χ0) is 11.1. The molecule has 0 aromatic heterocycles. The number of halogens is 1. The van der Waals surface area contributed by atoms with E-state index in [1.807, 2.05) is 0 Å². The van der Waals surface area contributed by atoms with Crippen LogP contribution >= 0.6 is 11.6 Å². The molecule has 1 aromatic rings. The van der Waals surface area contributed by atoms with Crippen molar-refractivity contribution in [1.29, 1.82) is 0 Å². The van der Waals surface area contributed by atoms with E-state index in [-0.39, 0.29) is 0 Å². The number of hydrogen-bond donors (Lipinski definition) is 0. The second-order valence-electron chi connectivity index (χ2n) is 2.82. The minimum absolute atomic E-state index is 0.378. The van der Waals surface area contributed by atoms with Crippen LogP contribution < -0.4 is 0 Å². The Kier molecular flexibility index (Phi) is 5.18. The van der Waals surface area contributed by atoms with Crippen LogP contribution in [0.4, 0.5) is 0 Å². The molecule has 1 rings (SSSR count). The van der Waals surface area contributed by atoms with Crippen molar-refractivity contribution in [1.82, 2.24) is 0 Å². The fourth-order valence-corrected chi connectivity index (χ4v) is 2.41. The molecule has 0 fully saturated rings. The Morgan fingerprint density at radius 1 is 1.53 bits per heavy atom. The van der Waals surface area contributed by atoms with E-state index in [0.717, 1.165) is 0 Å². The fraction of sp³-hybridized carbons (Fsp3) is 0.333. The van der Waals surface area contributed by atoms with Gasteiger partial charge in [0.15, 0.2) is 0 Å². The molecule has 0 radical (unpaired) electrons. The Morgan fingerprint density at radius 3 is 3.00 bits per heavy atom. The minimum Gasteiger partial charge on any atom is -0.254 e. The van der Waals surface area contributed by atoms with E-state index in [4.69, 9.17) is 17.1 Å². The van der Waals surface area contributed by atoms with Crippen molar-refractivity contribution < 1.29 is 4.21 Å². The van der Waals surface area contributed by atoms with Gasteiger partial charge in [-0.25, -0.2) is 0 Å². The number of azide groups is 1. The lowest BCUT2D eigenvalue weighted by Gasteiger charge is -2.00. The highest BCUT2D eigenvalue weighted by atomic mass is 35.5. The van der Waals surface area contributed by atoms with Crippen molar-refractivity contribution in [2.75, 3.05) is 12.3 Å². The summed E-state index contributed by atoms with van der Waals surface area (Å²) in [4.78, 5) is 3.34. The first-order valence-corrected chi connectivity index (χ1v) is 6.08. The third kappa shape index (κ3) is 4.34. The van der Waals surface area contributed by atoms with Crippen LogP contribution in [0.3, 0.4) is 0 Å². The van der Waals surface area contributed by atoms with Crippen molar-refractivity contribution in [3.63, 3.8) is 0 Å². The van der Waals surface area contributed by atoms with Gasteiger partial charge in [0.2, 0.25) is 0 Å². The molecule has 0 saturated carbocycles. The molecule has 0 N–H and O–H groups in total. The van der Waals surface area contributed by atoms with Crippen LogP contribution in [0, 0.1) is 0 Å². The predicted octanol–water partition coefficient (Wildman–Crippen LogP) is 3.15. The van der Waals surface area contributed by atoms with Gasteiger partial charge in [0.25, 0.3) is 0 Å². The van der Waals surface area contributed by atoms with Gasteiger partial charge in [0, 0.05) is 27.1 Å². The molecule has 0 aliphatic heterocycles. The SMILES string of the molecule is [N-]=[N+]=NCCCS(=O)c1cccc(Cl)c1. The molecule has 0 saturated heterocycles.